The number of nitrogens with zero attached hydrogens (tertiary/aromatic N) is 1. The summed E-state index contributed by atoms with van der Waals surface area (Å²) in [5, 5.41) is 0. The molecule has 80 valence electrons. The molecular weight excluding hydrogens is 162 g/mol. The van der Waals surface area contributed by atoms with Crippen molar-refractivity contribution in [1.29, 1.82) is 0 Å². The Kier molecular flexibility index (Phi) is 5.57. The van der Waals surface area contributed by atoms with Crippen LogP contribution in [0.1, 0.15) is 34.6 Å². The number of morpholine rings is 1. The number of ether oxygens (including phenoxy) is 1. The van der Waals surface area contributed by atoms with Gasteiger partial charge in [-0.05, 0) is 18.4 Å². The predicted molar refractivity (Wildman–Crippen MR) is 58.1 cm³/mol. The highest BCUT2D eigenvalue weighted by Gasteiger charge is 2.14. The Morgan fingerprint density at radius 3 is 2.15 bits per heavy atom. The highest BCUT2D eigenvalue weighted by molar-refractivity contribution is 4.67. The van der Waals surface area contributed by atoms with E-state index >= 15 is 0 Å². The van der Waals surface area contributed by atoms with Gasteiger partial charge >= 0.3 is 0 Å². The van der Waals surface area contributed by atoms with E-state index in [2.05, 4.69) is 25.7 Å². The smallest absolute Gasteiger partial charge is 0.0594 e. The molecule has 0 bridgehead atoms. The molecule has 13 heavy (non-hydrogen) atoms. The molecule has 0 aliphatic carbocycles. The van der Waals surface area contributed by atoms with E-state index in [1.807, 2.05) is 0 Å². The molecule has 0 spiro atoms. The van der Waals surface area contributed by atoms with Gasteiger partial charge < -0.3 is 4.74 Å². The molecule has 0 N–H and O–H groups in total. The Bertz CT molecular complexity index is 123. The van der Waals surface area contributed by atoms with Gasteiger partial charge in [-0.1, -0.05) is 28.2 Å². The van der Waals surface area contributed by atoms with E-state index in [1.54, 1.807) is 0 Å². The summed E-state index contributed by atoms with van der Waals surface area (Å²) in [4.78, 5) is 2.49. The summed E-state index contributed by atoms with van der Waals surface area (Å²) in [6.45, 7) is 12.2. The standard InChI is InChI=1S/C10H21NO.CH4/c1-10(2,3)4-5-11-6-8-12-9-7-11;/h4-9H2,1-3H3;1H4. The molecule has 1 saturated heterocycles. The number of hydrogen-bond acceptors (Lipinski definition) is 2. The Morgan fingerprint density at radius 1 is 1.15 bits per heavy atom. The van der Waals surface area contributed by atoms with Crippen molar-refractivity contribution >= 4 is 0 Å². The maximum absolute atomic E-state index is 5.29. The molecule has 0 amide bonds. The van der Waals surface area contributed by atoms with Crippen LogP contribution >= 0.6 is 0 Å². The molecule has 0 radical (unpaired) electrons. The van der Waals surface area contributed by atoms with Gasteiger partial charge in [0.2, 0.25) is 0 Å². The van der Waals surface area contributed by atoms with Crippen LogP contribution in [0, 0.1) is 5.41 Å². The van der Waals surface area contributed by atoms with Gasteiger partial charge in [-0.2, -0.15) is 0 Å². The fourth-order valence-electron chi connectivity index (χ4n) is 1.32. The van der Waals surface area contributed by atoms with Crippen molar-refractivity contribution in [2.45, 2.75) is 34.6 Å². The molecule has 1 aliphatic rings. The predicted octanol–water partition coefficient (Wildman–Crippen LogP) is 2.39. The Labute approximate surface area is 83.3 Å². The van der Waals surface area contributed by atoms with Gasteiger partial charge in [0, 0.05) is 13.1 Å². The summed E-state index contributed by atoms with van der Waals surface area (Å²) < 4.78 is 5.29. The van der Waals surface area contributed by atoms with Gasteiger partial charge in [0.1, 0.15) is 0 Å². The first-order chi connectivity index (χ1) is 5.58. The van der Waals surface area contributed by atoms with Crippen LogP contribution < -0.4 is 0 Å². The lowest BCUT2D eigenvalue weighted by Crippen LogP contribution is -2.37. The summed E-state index contributed by atoms with van der Waals surface area (Å²) in [5.74, 6) is 0. The lowest BCUT2D eigenvalue weighted by Gasteiger charge is -2.29. The van der Waals surface area contributed by atoms with Crippen molar-refractivity contribution in [3.05, 3.63) is 0 Å². The molecule has 1 fully saturated rings. The van der Waals surface area contributed by atoms with Gasteiger partial charge in [-0.15, -0.1) is 0 Å². The molecule has 2 nitrogen and oxygen atoms in total. The summed E-state index contributed by atoms with van der Waals surface area (Å²) in [7, 11) is 0. The van der Waals surface area contributed by atoms with E-state index in [0.717, 1.165) is 26.3 Å². The van der Waals surface area contributed by atoms with Gasteiger partial charge in [0.15, 0.2) is 0 Å². The number of hydrogen-bond donors (Lipinski definition) is 0. The van der Waals surface area contributed by atoms with Gasteiger partial charge in [-0.25, -0.2) is 0 Å². The average molecular weight is 187 g/mol. The maximum atomic E-state index is 5.29. The fraction of sp³-hybridized carbons (Fsp3) is 1.00. The average Bonchev–Trinajstić information content (AvgIpc) is 2.02. The second-order valence-electron chi connectivity index (χ2n) is 4.76. The number of rotatable bonds is 2. The quantitative estimate of drug-likeness (QED) is 0.658. The SMILES string of the molecule is C.CC(C)(C)CCN1CCOCC1. The highest BCUT2D eigenvalue weighted by atomic mass is 16.5. The first kappa shape index (κ1) is 12.9. The molecule has 1 aliphatic heterocycles. The zero-order chi connectivity index (χ0) is 9.03. The van der Waals surface area contributed by atoms with Crippen molar-refractivity contribution in [3.63, 3.8) is 0 Å². The fourth-order valence-corrected chi connectivity index (χ4v) is 1.32. The molecule has 0 atom stereocenters. The van der Waals surface area contributed by atoms with Crippen molar-refractivity contribution in [2.75, 3.05) is 32.8 Å². The molecule has 2 heteroatoms. The monoisotopic (exact) mass is 187 g/mol. The normalized spacial score (nSPS) is 19.6. The van der Waals surface area contributed by atoms with Crippen molar-refractivity contribution in [2.24, 2.45) is 5.41 Å². The van der Waals surface area contributed by atoms with E-state index < -0.39 is 0 Å². The third-order valence-electron chi connectivity index (χ3n) is 2.28. The van der Waals surface area contributed by atoms with Crippen LogP contribution in [-0.2, 0) is 4.74 Å². The lowest BCUT2D eigenvalue weighted by molar-refractivity contribution is 0.0333. The summed E-state index contributed by atoms with van der Waals surface area (Å²) in [5.41, 5.74) is 0.471. The summed E-state index contributed by atoms with van der Waals surface area (Å²) in [6, 6.07) is 0. The van der Waals surface area contributed by atoms with Crippen LogP contribution in [0.4, 0.5) is 0 Å². The van der Waals surface area contributed by atoms with Crippen molar-refractivity contribution in [1.82, 2.24) is 4.90 Å². The van der Waals surface area contributed by atoms with Crippen LogP contribution in [0.5, 0.6) is 0 Å². The van der Waals surface area contributed by atoms with E-state index in [0.29, 0.717) is 5.41 Å². The van der Waals surface area contributed by atoms with Crippen molar-refractivity contribution in [3.8, 4) is 0 Å². The first-order valence-corrected chi connectivity index (χ1v) is 4.88. The minimum Gasteiger partial charge on any atom is -0.379 e. The van der Waals surface area contributed by atoms with Crippen LogP contribution in [0.2, 0.25) is 0 Å². The first-order valence-electron chi connectivity index (χ1n) is 4.88. The second kappa shape index (κ2) is 5.61. The second-order valence-corrected chi connectivity index (χ2v) is 4.76. The van der Waals surface area contributed by atoms with Crippen molar-refractivity contribution < 1.29 is 4.74 Å². The zero-order valence-electron chi connectivity index (χ0n) is 8.60. The van der Waals surface area contributed by atoms with Crippen LogP contribution in [0.25, 0.3) is 0 Å². The summed E-state index contributed by atoms with van der Waals surface area (Å²) in [6.07, 6.45) is 1.28. The Morgan fingerprint density at radius 2 is 1.69 bits per heavy atom. The van der Waals surface area contributed by atoms with Gasteiger partial charge in [-0.3, -0.25) is 4.90 Å². The van der Waals surface area contributed by atoms with E-state index in [9.17, 15) is 0 Å². The maximum Gasteiger partial charge on any atom is 0.0594 e. The topological polar surface area (TPSA) is 12.5 Å². The highest BCUT2D eigenvalue weighted by Crippen LogP contribution is 2.18. The zero-order valence-corrected chi connectivity index (χ0v) is 8.60. The third kappa shape index (κ3) is 6.05. The van der Waals surface area contributed by atoms with E-state index in [-0.39, 0.29) is 7.43 Å². The third-order valence-corrected chi connectivity index (χ3v) is 2.28. The molecule has 1 heterocycles. The minimum atomic E-state index is 0. The summed E-state index contributed by atoms with van der Waals surface area (Å²) >= 11 is 0. The molecule has 0 unspecified atom stereocenters. The molecule has 0 aromatic heterocycles. The Balaban J connectivity index is 0.00000144. The minimum absolute atomic E-state index is 0. The van der Waals surface area contributed by atoms with Crippen LogP contribution in [0.15, 0.2) is 0 Å². The molecular formula is C11H25NO. The molecule has 0 aromatic rings. The molecule has 0 saturated carbocycles. The van der Waals surface area contributed by atoms with E-state index in [4.69, 9.17) is 4.74 Å². The van der Waals surface area contributed by atoms with Crippen LogP contribution in [-0.4, -0.2) is 37.7 Å². The Hall–Kier alpha value is -0.0800. The van der Waals surface area contributed by atoms with Gasteiger partial charge in [0.25, 0.3) is 0 Å². The van der Waals surface area contributed by atoms with E-state index in [1.165, 1.54) is 13.0 Å². The largest absolute Gasteiger partial charge is 0.379 e. The molecule has 0 aromatic carbocycles. The molecule has 1 rings (SSSR count). The van der Waals surface area contributed by atoms with Crippen LogP contribution in [0.3, 0.4) is 0 Å². The lowest BCUT2D eigenvalue weighted by atomic mass is 9.92. The van der Waals surface area contributed by atoms with Gasteiger partial charge in [0.05, 0.1) is 13.2 Å².